The molecule has 0 radical (unpaired) electrons. The number of rotatable bonds is 8. The highest BCUT2D eigenvalue weighted by molar-refractivity contribution is 14.0. The summed E-state index contributed by atoms with van der Waals surface area (Å²) in [5.74, 6) is 0.697. The lowest BCUT2D eigenvalue weighted by Gasteiger charge is -2.21. The summed E-state index contributed by atoms with van der Waals surface area (Å²) < 4.78 is 26.4. The van der Waals surface area contributed by atoms with Crippen LogP contribution in [0.2, 0.25) is 0 Å². The van der Waals surface area contributed by atoms with Gasteiger partial charge in [0, 0.05) is 45.0 Å². The molecule has 0 unspecified atom stereocenters. The molecule has 2 rings (SSSR count). The first kappa shape index (κ1) is 25.8. The highest BCUT2D eigenvalue weighted by atomic mass is 127. The molecule has 7 nitrogen and oxygen atoms in total. The first-order valence-corrected chi connectivity index (χ1v) is 11.5. The highest BCUT2D eigenvalue weighted by Crippen LogP contribution is 2.17. The third-order valence-corrected chi connectivity index (χ3v) is 7.22. The van der Waals surface area contributed by atoms with Crippen LogP contribution >= 0.6 is 35.3 Å². The Morgan fingerprint density at radius 3 is 2.41 bits per heavy atom. The van der Waals surface area contributed by atoms with Gasteiger partial charge in [0.2, 0.25) is 10.0 Å². The van der Waals surface area contributed by atoms with Crippen LogP contribution in [-0.2, 0) is 23.0 Å². The van der Waals surface area contributed by atoms with Gasteiger partial charge in [0.15, 0.2) is 5.96 Å². The molecular formula is C19H30IN5O2S2. The van der Waals surface area contributed by atoms with E-state index in [-0.39, 0.29) is 30.0 Å². The molecule has 0 spiro atoms. The van der Waals surface area contributed by atoms with E-state index in [1.807, 2.05) is 32.9 Å². The number of benzene rings is 1. The third kappa shape index (κ3) is 7.50. The van der Waals surface area contributed by atoms with E-state index in [0.717, 1.165) is 29.2 Å². The second-order valence-electron chi connectivity index (χ2n) is 6.72. The number of aliphatic imine (C=N–C) groups is 1. The van der Waals surface area contributed by atoms with Crippen molar-refractivity contribution in [3.8, 4) is 0 Å². The Balaban J connectivity index is 0.00000420. The topological polar surface area (TPSA) is 86.7 Å². The van der Waals surface area contributed by atoms with Gasteiger partial charge in [-0.25, -0.2) is 13.4 Å². The lowest BCUT2D eigenvalue weighted by atomic mass is 10.2. The van der Waals surface area contributed by atoms with E-state index < -0.39 is 10.0 Å². The van der Waals surface area contributed by atoms with Crippen LogP contribution in [0.5, 0.6) is 0 Å². The van der Waals surface area contributed by atoms with Crippen LogP contribution in [0.1, 0.15) is 30.1 Å². The molecule has 1 aromatic carbocycles. The van der Waals surface area contributed by atoms with Gasteiger partial charge < -0.3 is 10.6 Å². The van der Waals surface area contributed by atoms with Crippen molar-refractivity contribution < 1.29 is 8.42 Å². The molecule has 0 saturated carbocycles. The van der Waals surface area contributed by atoms with E-state index in [9.17, 15) is 8.42 Å². The van der Waals surface area contributed by atoms with E-state index in [0.29, 0.717) is 17.4 Å². The number of aromatic nitrogens is 1. The molecule has 0 fully saturated rings. The maximum atomic E-state index is 12.5. The number of sulfonamides is 1. The Labute approximate surface area is 195 Å². The summed E-state index contributed by atoms with van der Waals surface area (Å²) in [5, 5.41) is 9.64. The predicted molar refractivity (Wildman–Crippen MR) is 131 cm³/mol. The van der Waals surface area contributed by atoms with Crippen molar-refractivity contribution in [2.45, 2.75) is 44.7 Å². The largest absolute Gasteiger partial charge is 0.356 e. The van der Waals surface area contributed by atoms with E-state index in [4.69, 9.17) is 0 Å². The molecule has 0 aliphatic rings. The number of hydrogen-bond donors (Lipinski definition) is 2. The van der Waals surface area contributed by atoms with Crippen LogP contribution < -0.4 is 10.6 Å². The monoisotopic (exact) mass is 551 g/mol. The number of thiazole rings is 1. The molecule has 0 atom stereocenters. The minimum atomic E-state index is -3.46. The molecule has 0 bridgehead atoms. The second-order valence-corrected chi connectivity index (χ2v) is 9.78. The molecule has 2 N–H and O–H groups in total. The molecule has 162 valence electrons. The quantitative estimate of drug-likeness (QED) is 0.299. The van der Waals surface area contributed by atoms with E-state index in [1.165, 1.54) is 4.31 Å². The third-order valence-electron chi connectivity index (χ3n) is 4.35. The van der Waals surface area contributed by atoms with Gasteiger partial charge in [0.1, 0.15) is 0 Å². The molecule has 0 aliphatic carbocycles. The summed E-state index contributed by atoms with van der Waals surface area (Å²) in [4.78, 5) is 8.96. The Bertz CT molecular complexity index is 896. The van der Waals surface area contributed by atoms with Gasteiger partial charge in [-0.2, -0.15) is 4.31 Å². The lowest BCUT2D eigenvalue weighted by molar-refractivity contribution is 0.410. The van der Waals surface area contributed by atoms with Crippen molar-refractivity contribution in [1.29, 1.82) is 0 Å². The van der Waals surface area contributed by atoms with Gasteiger partial charge in [-0.1, -0.05) is 12.1 Å². The highest BCUT2D eigenvalue weighted by Gasteiger charge is 2.22. The summed E-state index contributed by atoms with van der Waals surface area (Å²) in [7, 11) is -0.139. The number of nitrogens with zero attached hydrogens (tertiary/aromatic N) is 3. The number of nitrogens with one attached hydrogen (secondary N) is 2. The summed E-state index contributed by atoms with van der Waals surface area (Å²) >= 11 is 1.65. The normalized spacial score (nSPS) is 12.2. The zero-order chi connectivity index (χ0) is 20.7. The van der Waals surface area contributed by atoms with Crippen molar-refractivity contribution in [3.05, 3.63) is 45.9 Å². The number of guanidine groups is 1. The molecule has 10 heteroatoms. The minimum absolute atomic E-state index is 0. The van der Waals surface area contributed by atoms with Gasteiger partial charge >= 0.3 is 0 Å². The summed E-state index contributed by atoms with van der Waals surface area (Å²) in [6.07, 6.45) is 0.834. The Morgan fingerprint density at radius 1 is 1.24 bits per heavy atom. The van der Waals surface area contributed by atoms with Crippen LogP contribution in [0, 0.1) is 6.92 Å². The Morgan fingerprint density at radius 2 is 1.90 bits per heavy atom. The molecular weight excluding hydrogens is 521 g/mol. The second kappa shape index (κ2) is 11.8. The van der Waals surface area contributed by atoms with Gasteiger partial charge in [-0.15, -0.1) is 35.3 Å². The van der Waals surface area contributed by atoms with Gasteiger partial charge in [-0.05, 0) is 38.5 Å². The van der Waals surface area contributed by atoms with Gasteiger partial charge in [0.25, 0.3) is 0 Å². The van der Waals surface area contributed by atoms with Crippen LogP contribution in [0.25, 0.3) is 0 Å². The average molecular weight is 552 g/mol. The Hall–Kier alpha value is -1.24. The van der Waals surface area contributed by atoms with E-state index in [1.54, 1.807) is 37.6 Å². The molecule has 0 saturated heterocycles. The van der Waals surface area contributed by atoms with Crippen LogP contribution in [0.4, 0.5) is 0 Å². The van der Waals surface area contributed by atoms with E-state index >= 15 is 0 Å². The zero-order valence-corrected chi connectivity index (χ0v) is 21.4. The number of halogens is 1. The summed E-state index contributed by atoms with van der Waals surface area (Å²) in [6.45, 7) is 6.99. The minimum Gasteiger partial charge on any atom is -0.356 e. The van der Waals surface area contributed by atoms with E-state index in [2.05, 4.69) is 26.0 Å². The van der Waals surface area contributed by atoms with Crippen molar-refractivity contribution >= 4 is 51.3 Å². The van der Waals surface area contributed by atoms with Gasteiger partial charge in [0.05, 0.1) is 15.6 Å². The van der Waals surface area contributed by atoms with Crippen LogP contribution in [0.3, 0.4) is 0 Å². The molecule has 0 amide bonds. The lowest BCUT2D eigenvalue weighted by Crippen LogP contribution is -2.37. The average Bonchev–Trinajstić information content (AvgIpc) is 3.09. The first-order chi connectivity index (χ1) is 13.2. The Kier molecular flexibility index (Phi) is 10.5. The summed E-state index contributed by atoms with van der Waals surface area (Å²) in [6, 6.07) is 6.84. The smallest absolute Gasteiger partial charge is 0.243 e. The van der Waals surface area contributed by atoms with Crippen LogP contribution in [0.15, 0.2) is 39.5 Å². The van der Waals surface area contributed by atoms with Crippen molar-refractivity contribution in [2.24, 2.45) is 4.99 Å². The van der Waals surface area contributed by atoms with Crippen LogP contribution in [-0.4, -0.2) is 50.3 Å². The fourth-order valence-electron chi connectivity index (χ4n) is 2.46. The molecule has 29 heavy (non-hydrogen) atoms. The maximum Gasteiger partial charge on any atom is 0.243 e. The first-order valence-electron chi connectivity index (χ1n) is 9.16. The molecule has 2 aromatic rings. The van der Waals surface area contributed by atoms with Crippen molar-refractivity contribution in [1.82, 2.24) is 19.9 Å². The summed E-state index contributed by atoms with van der Waals surface area (Å²) in [5.41, 5.74) is 2.05. The molecule has 0 aliphatic heterocycles. The fourth-order valence-corrected chi connectivity index (χ4v) is 4.48. The molecule has 1 aromatic heterocycles. The van der Waals surface area contributed by atoms with Crippen molar-refractivity contribution in [2.75, 3.05) is 20.6 Å². The predicted octanol–water partition coefficient (Wildman–Crippen LogP) is 3.01. The van der Waals surface area contributed by atoms with Crippen molar-refractivity contribution in [3.63, 3.8) is 0 Å². The SMILES string of the molecule is CN=C(NCCc1csc(C)n1)NCc1ccc(S(=O)(=O)N(C)C(C)C)cc1.I. The maximum absolute atomic E-state index is 12.5. The van der Waals surface area contributed by atoms with Gasteiger partial charge in [-0.3, -0.25) is 4.99 Å². The number of aryl methyl sites for hydroxylation is 1. The standard InChI is InChI=1S/C19H29N5O2S2.HI/c1-14(2)24(5)28(25,26)18-8-6-16(7-9-18)12-22-19(20-4)21-11-10-17-13-27-15(3)23-17;/h6-9,13-14H,10-12H2,1-5H3,(H2,20,21,22);1H. The molecule has 1 heterocycles. The fraction of sp³-hybridized carbons (Fsp3) is 0.474. The number of hydrogen-bond acceptors (Lipinski definition) is 5. The zero-order valence-electron chi connectivity index (χ0n) is 17.5.